The van der Waals surface area contributed by atoms with Crippen molar-refractivity contribution >= 4 is 55.1 Å². The first-order chi connectivity index (χ1) is 32.4. The number of nitrogens with zero attached hydrogens (tertiary/aromatic N) is 6. The molecule has 0 radical (unpaired) electrons. The van der Waals surface area contributed by atoms with Crippen LogP contribution < -0.4 is 10.6 Å². The van der Waals surface area contributed by atoms with Gasteiger partial charge in [-0.25, -0.2) is 35.6 Å². The van der Waals surface area contributed by atoms with Gasteiger partial charge in [0.15, 0.2) is 10.1 Å². The van der Waals surface area contributed by atoms with Gasteiger partial charge < -0.3 is 19.8 Å². The topological polar surface area (TPSA) is 169 Å². The third-order valence-electron chi connectivity index (χ3n) is 14.1. The number of hydrogen-bond acceptors (Lipinski definition) is 8. The number of imidazole rings is 2. The molecule has 4 aromatic carbocycles. The third kappa shape index (κ3) is 8.63. The molecule has 4 heterocycles. The Morgan fingerprint density at radius 3 is 1.49 bits per heavy atom. The van der Waals surface area contributed by atoms with Gasteiger partial charge in [-0.05, 0) is 91.1 Å². The Morgan fingerprint density at radius 2 is 1.06 bits per heavy atom. The van der Waals surface area contributed by atoms with E-state index in [0.29, 0.717) is 67.2 Å². The normalized spacial score (nSPS) is 19.8. The van der Waals surface area contributed by atoms with Crippen LogP contribution in [0.25, 0.3) is 0 Å². The molecule has 2 saturated heterocycles. The number of nitrogens with one attached hydrogen (secondary N) is 2. The van der Waals surface area contributed by atoms with Crippen LogP contribution in [-0.4, -0.2) is 94.6 Å². The maximum absolute atomic E-state index is 14.2. The zero-order chi connectivity index (χ0) is 48.2. The van der Waals surface area contributed by atoms with Crippen molar-refractivity contribution in [2.24, 2.45) is 14.1 Å². The second-order valence-electron chi connectivity index (χ2n) is 17.9. The minimum absolute atomic E-state index is 0.00217. The predicted molar refractivity (Wildman–Crippen MR) is 251 cm³/mol. The molecule has 6 aromatic rings. The van der Waals surface area contributed by atoms with Crippen LogP contribution in [0, 0.1) is 11.6 Å². The number of carbonyl (C=O) groups is 2. The fourth-order valence-electron chi connectivity index (χ4n) is 10.6. The minimum atomic E-state index is -3.74. The maximum atomic E-state index is 14.2. The smallest absolute Gasteiger partial charge is 0.262 e. The van der Waals surface area contributed by atoms with Crippen LogP contribution in [0.1, 0.15) is 68.7 Å². The standard InChI is InChI=1S/C24H24Cl2N4O3S.C24H24F2N4O3S/c1-29-14-22(27-15-29)34(32,33)30-10-8-24(9-11-30)18-5-3-2-4-16(18)13-21(24)28-23(31)17-6-7-19(25)20(26)12-17;1-29-14-21(27-15-29)34(32,33)30-11-9-24(10-12-30)17-6-3-2-5-16(17)13-20(24)28-23(31)22-18(25)7-4-8-19(22)26/h2-7,12,14-15,21H,8-11,13H2,1H3,(H,28,31);2-8,14-15,20H,9-13H2,1H3,(H,28,31). The first-order valence-electron chi connectivity index (χ1n) is 22.1. The number of aryl methyl sites for hydroxylation is 2. The van der Waals surface area contributed by atoms with Crippen LogP contribution in [0.4, 0.5) is 8.78 Å². The van der Waals surface area contributed by atoms with Crippen molar-refractivity contribution in [1.82, 2.24) is 38.3 Å². The Bertz CT molecular complexity index is 3130. The van der Waals surface area contributed by atoms with Crippen molar-refractivity contribution in [1.29, 1.82) is 0 Å². The fraction of sp³-hybridized carbons (Fsp3) is 0.333. The van der Waals surface area contributed by atoms with Crippen LogP contribution in [0.15, 0.2) is 120 Å². The summed E-state index contributed by atoms with van der Waals surface area (Å²) in [5, 5.41) is 6.86. The Balaban J connectivity index is 0.000000170. The molecular weight excluding hydrogens is 958 g/mol. The van der Waals surface area contributed by atoms with Crippen molar-refractivity contribution in [2.45, 2.75) is 71.5 Å². The highest BCUT2D eigenvalue weighted by Gasteiger charge is 2.52. The number of carbonyl (C=O) groups excluding carboxylic acids is 2. The second kappa shape index (κ2) is 18.4. The highest BCUT2D eigenvalue weighted by molar-refractivity contribution is 7.89. The molecule has 0 bridgehead atoms. The van der Waals surface area contributed by atoms with Gasteiger partial charge in [0.1, 0.15) is 17.2 Å². The zero-order valence-electron chi connectivity index (χ0n) is 37.1. The Labute approximate surface area is 403 Å². The molecule has 2 aliphatic carbocycles. The number of sulfonamides is 2. The summed E-state index contributed by atoms with van der Waals surface area (Å²) in [7, 11) is -3.96. The van der Waals surface area contributed by atoms with E-state index in [9.17, 15) is 35.2 Å². The monoisotopic (exact) mass is 1000 g/mol. The van der Waals surface area contributed by atoms with Crippen molar-refractivity contribution < 1.29 is 35.2 Å². The highest BCUT2D eigenvalue weighted by atomic mass is 35.5. The Hall–Kier alpha value is -5.50. The van der Waals surface area contributed by atoms with Crippen molar-refractivity contribution in [3.8, 4) is 0 Å². The van der Waals surface area contributed by atoms with E-state index in [-0.39, 0.29) is 40.5 Å². The number of hydrogen-bond donors (Lipinski definition) is 2. The number of rotatable bonds is 8. The van der Waals surface area contributed by atoms with Gasteiger partial charge in [-0.15, -0.1) is 0 Å². The van der Waals surface area contributed by atoms with Crippen LogP contribution in [-0.2, 0) is 57.8 Å². The average molecular weight is 1010 g/mol. The lowest BCUT2D eigenvalue weighted by Crippen LogP contribution is -2.54. The van der Waals surface area contributed by atoms with Crippen molar-refractivity contribution in [2.75, 3.05) is 26.2 Å². The predicted octanol–water partition coefficient (Wildman–Crippen LogP) is 6.58. The molecule has 2 aromatic heterocycles. The van der Waals surface area contributed by atoms with Gasteiger partial charge >= 0.3 is 0 Å². The van der Waals surface area contributed by atoms with E-state index >= 15 is 0 Å². The van der Waals surface area contributed by atoms with Gasteiger partial charge in [0.2, 0.25) is 0 Å². The maximum Gasteiger partial charge on any atom is 0.262 e. The minimum Gasteiger partial charge on any atom is -0.348 e. The van der Waals surface area contributed by atoms with Gasteiger partial charge in [0, 0.05) is 81.1 Å². The van der Waals surface area contributed by atoms with Crippen LogP contribution in [0.3, 0.4) is 0 Å². The van der Waals surface area contributed by atoms with Crippen LogP contribution in [0.2, 0.25) is 10.0 Å². The van der Waals surface area contributed by atoms with E-state index in [2.05, 4.69) is 32.7 Å². The van der Waals surface area contributed by atoms with E-state index in [1.54, 1.807) is 41.4 Å². The summed E-state index contributed by atoms with van der Waals surface area (Å²) in [4.78, 5) is 34.1. The Morgan fingerprint density at radius 1 is 0.618 bits per heavy atom. The summed E-state index contributed by atoms with van der Waals surface area (Å²) in [5.74, 6) is -2.87. The van der Waals surface area contributed by atoms with E-state index in [4.69, 9.17) is 23.2 Å². The summed E-state index contributed by atoms with van der Waals surface area (Å²) in [6.07, 6.45) is 9.23. The summed E-state index contributed by atoms with van der Waals surface area (Å²) >= 11 is 12.1. The van der Waals surface area contributed by atoms with Crippen LogP contribution >= 0.6 is 23.2 Å². The van der Waals surface area contributed by atoms with Gasteiger partial charge in [-0.1, -0.05) is 77.8 Å². The van der Waals surface area contributed by atoms with Crippen molar-refractivity contribution in [3.05, 3.63) is 165 Å². The third-order valence-corrected chi connectivity index (χ3v) is 18.4. The summed E-state index contributed by atoms with van der Waals surface area (Å²) in [6, 6.07) is 23.5. The summed E-state index contributed by atoms with van der Waals surface area (Å²) in [6.45, 7) is 1.19. The van der Waals surface area contributed by atoms with E-state index in [1.807, 2.05) is 36.4 Å². The number of amides is 2. The molecule has 2 N–H and O–H groups in total. The lowest BCUT2D eigenvalue weighted by molar-refractivity contribution is 0.0884. The lowest BCUT2D eigenvalue weighted by Gasteiger charge is -2.43. The summed E-state index contributed by atoms with van der Waals surface area (Å²) < 4.78 is 86.9. The lowest BCUT2D eigenvalue weighted by atomic mass is 9.71. The molecule has 2 spiro atoms. The van der Waals surface area contributed by atoms with E-state index in [0.717, 1.165) is 23.3 Å². The molecule has 2 atom stereocenters. The average Bonchev–Trinajstić information content (AvgIpc) is 4.10. The Kier molecular flexibility index (Phi) is 12.9. The molecule has 4 aliphatic rings. The van der Waals surface area contributed by atoms with Crippen LogP contribution in [0.5, 0.6) is 0 Å². The number of aromatic nitrogens is 4. The van der Waals surface area contributed by atoms with E-state index < -0.39 is 54.6 Å². The first kappa shape index (κ1) is 47.6. The molecule has 2 aliphatic heterocycles. The molecule has 68 heavy (non-hydrogen) atoms. The molecule has 2 fully saturated rings. The fourth-order valence-corrected chi connectivity index (χ4v) is 13.7. The summed E-state index contributed by atoms with van der Waals surface area (Å²) in [5.41, 5.74) is 3.40. The molecule has 2 unspecified atom stereocenters. The van der Waals surface area contributed by atoms with Gasteiger partial charge in [-0.2, -0.15) is 8.61 Å². The molecular formula is C48H48Cl2F2N8O6S2. The zero-order valence-corrected chi connectivity index (χ0v) is 40.2. The van der Waals surface area contributed by atoms with E-state index in [1.165, 1.54) is 50.9 Å². The van der Waals surface area contributed by atoms with Gasteiger partial charge in [0.05, 0.1) is 22.7 Å². The number of piperidine rings is 2. The molecule has 2 amide bonds. The van der Waals surface area contributed by atoms with Gasteiger partial charge in [0.25, 0.3) is 31.9 Å². The second-order valence-corrected chi connectivity index (χ2v) is 22.5. The molecule has 10 rings (SSSR count). The van der Waals surface area contributed by atoms with Gasteiger partial charge in [-0.3, -0.25) is 9.59 Å². The largest absolute Gasteiger partial charge is 0.348 e. The van der Waals surface area contributed by atoms with Crippen molar-refractivity contribution in [3.63, 3.8) is 0 Å². The highest BCUT2D eigenvalue weighted by Crippen LogP contribution is 2.49. The molecule has 20 heteroatoms. The quantitative estimate of drug-likeness (QED) is 0.173. The first-order valence-corrected chi connectivity index (χ1v) is 25.7. The number of fused-ring (bicyclic) bond motifs is 4. The number of halogens is 4. The molecule has 0 saturated carbocycles. The SMILES string of the molecule is Cn1cnc(S(=O)(=O)N2CCC3(CC2)c2ccccc2CC3NC(=O)c2c(F)cccc2F)c1.Cn1cnc(S(=O)(=O)N2CCC3(CC2)c2ccccc2CC3NC(=O)c2ccc(Cl)c(Cl)c2)c1. The molecule has 356 valence electrons. The molecule has 14 nitrogen and oxygen atoms in total. The number of benzene rings is 4.